The van der Waals surface area contributed by atoms with Gasteiger partial charge in [-0.15, -0.1) is 0 Å². The van der Waals surface area contributed by atoms with Crippen molar-refractivity contribution in [1.82, 2.24) is 15.0 Å². The molecular formula is C23H25N5O2. The third-order valence-corrected chi connectivity index (χ3v) is 5.31. The molecule has 0 spiro atoms. The van der Waals surface area contributed by atoms with Crippen molar-refractivity contribution in [2.75, 3.05) is 16.8 Å². The van der Waals surface area contributed by atoms with Crippen molar-refractivity contribution in [1.29, 1.82) is 0 Å². The van der Waals surface area contributed by atoms with Crippen LogP contribution in [-0.4, -0.2) is 33.7 Å². The zero-order valence-corrected chi connectivity index (χ0v) is 17.3. The molecule has 1 N–H and O–H groups in total. The number of anilines is 2. The standard InChI is InChI=1S/C23H25N5O2/c1-15(2)20-14-30-23(29)28(20)21-10-12-25-22(27-21)26-16(3)17-6-8-18(9-7-17)19-5-4-11-24-13-19/h4-13,15-16,20H,14H2,1-3H3,(H,25,26,27)/t16-,20-/m1/s1. The van der Waals surface area contributed by atoms with Gasteiger partial charge in [-0.05, 0) is 41.7 Å². The van der Waals surface area contributed by atoms with E-state index < -0.39 is 0 Å². The van der Waals surface area contributed by atoms with Crippen molar-refractivity contribution >= 4 is 17.9 Å². The van der Waals surface area contributed by atoms with Crippen LogP contribution in [0.3, 0.4) is 0 Å². The minimum absolute atomic E-state index is 0.00498. The predicted octanol–water partition coefficient (Wildman–Crippen LogP) is 4.69. The fourth-order valence-electron chi connectivity index (χ4n) is 3.52. The van der Waals surface area contributed by atoms with Crippen LogP contribution >= 0.6 is 0 Å². The molecule has 4 rings (SSSR count). The molecule has 1 aromatic carbocycles. The second kappa shape index (κ2) is 8.49. The Hall–Kier alpha value is -3.48. The fraction of sp³-hybridized carbons (Fsp3) is 0.304. The number of hydrogen-bond acceptors (Lipinski definition) is 6. The molecule has 1 amide bonds. The molecule has 0 unspecified atom stereocenters. The van der Waals surface area contributed by atoms with Crippen LogP contribution in [0.5, 0.6) is 0 Å². The lowest BCUT2D eigenvalue weighted by atomic mass is 10.0. The molecule has 0 saturated carbocycles. The number of rotatable bonds is 6. The first-order valence-electron chi connectivity index (χ1n) is 10.1. The minimum Gasteiger partial charge on any atom is -0.447 e. The average Bonchev–Trinajstić information content (AvgIpc) is 3.16. The highest BCUT2D eigenvalue weighted by atomic mass is 16.6. The van der Waals surface area contributed by atoms with Crippen molar-refractivity contribution in [3.63, 3.8) is 0 Å². The lowest BCUT2D eigenvalue weighted by molar-refractivity contribution is 0.177. The number of nitrogens with zero attached hydrogens (tertiary/aromatic N) is 4. The largest absolute Gasteiger partial charge is 0.447 e. The van der Waals surface area contributed by atoms with Crippen LogP contribution in [0.1, 0.15) is 32.4 Å². The molecule has 0 aliphatic carbocycles. The number of carbonyl (C=O) groups is 1. The first-order chi connectivity index (χ1) is 14.5. The lowest BCUT2D eigenvalue weighted by Crippen LogP contribution is -2.37. The van der Waals surface area contributed by atoms with E-state index in [2.05, 4.69) is 65.3 Å². The topological polar surface area (TPSA) is 80.2 Å². The van der Waals surface area contributed by atoms with Crippen molar-refractivity contribution in [3.8, 4) is 11.1 Å². The Morgan fingerprint density at radius 3 is 2.57 bits per heavy atom. The molecule has 7 nitrogen and oxygen atoms in total. The van der Waals surface area contributed by atoms with E-state index in [0.29, 0.717) is 18.4 Å². The van der Waals surface area contributed by atoms with Crippen LogP contribution in [0.4, 0.5) is 16.6 Å². The normalized spacial score (nSPS) is 17.1. The Bertz CT molecular complexity index is 1010. The second-order valence-electron chi connectivity index (χ2n) is 7.73. The van der Waals surface area contributed by atoms with Gasteiger partial charge in [-0.1, -0.05) is 44.2 Å². The Morgan fingerprint density at radius 1 is 1.07 bits per heavy atom. The Kier molecular flexibility index (Phi) is 5.61. The van der Waals surface area contributed by atoms with Crippen LogP contribution in [0, 0.1) is 5.92 Å². The molecular weight excluding hydrogens is 378 g/mol. The zero-order valence-electron chi connectivity index (χ0n) is 17.3. The van der Waals surface area contributed by atoms with Gasteiger partial charge < -0.3 is 10.1 Å². The van der Waals surface area contributed by atoms with Gasteiger partial charge in [0, 0.05) is 18.6 Å². The zero-order chi connectivity index (χ0) is 21.1. The quantitative estimate of drug-likeness (QED) is 0.643. The lowest BCUT2D eigenvalue weighted by Gasteiger charge is -2.23. The smallest absolute Gasteiger partial charge is 0.415 e. The average molecular weight is 403 g/mol. The number of aromatic nitrogens is 3. The van der Waals surface area contributed by atoms with Crippen LogP contribution < -0.4 is 10.2 Å². The van der Waals surface area contributed by atoms with Crippen LogP contribution in [0.15, 0.2) is 61.1 Å². The molecule has 2 atom stereocenters. The molecule has 2 aromatic heterocycles. The fourth-order valence-corrected chi connectivity index (χ4v) is 3.52. The summed E-state index contributed by atoms with van der Waals surface area (Å²) in [5.74, 6) is 1.28. The SMILES string of the molecule is CC(C)[C@H]1COC(=O)N1c1ccnc(N[C@H](C)c2ccc(-c3cccnc3)cc2)n1. The van der Waals surface area contributed by atoms with E-state index in [-0.39, 0.29) is 24.1 Å². The summed E-state index contributed by atoms with van der Waals surface area (Å²) in [5, 5.41) is 3.33. The van der Waals surface area contributed by atoms with Gasteiger partial charge in [0.15, 0.2) is 0 Å². The summed E-state index contributed by atoms with van der Waals surface area (Å²) in [5.41, 5.74) is 3.31. The Labute approximate surface area is 176 Å². The van der Waals surface area contributed by atoms with Gasteiger partial charge in [0.2, 0.25) is 5.95 Å². The number of ether oxygens (including phenoxy) is 1. The van der Waals surface area contributed by atoms with E-state index in [1.807, 2.05) is 18.3 Å². The van der Waals surface area contributed by atoms with E-state index in [4.69, 9.17) is 4.74 Å². The summed E-state index contributed by atoms with van der Waals surface area (Å²) in [6.45, 7) is 6.56. The van der Waals surface area contributed by atoms with E-state index in [1.54, 1.807) is 23.4 Å². The van der Waals surface area contributed by atoms with Crippen molar-refractivity contribution in [3.05, 3.63) is 66.6 Å². The molecule has 154 valence electrons. The van der Waals surface area contributed by atoms with Crippen molar-refractivity contribution in [2.24, 2.45) is 5.92 Å². The summed E-state index contributed by atoms with van der Waals surface area (Å²) in [6.07, 6.45) is 4.91. The maximum Gasteiger partial charge on any atom is 0.415 e. The maximum atomic E-state index is 12.2. The Morgan fingerprint density at radius 2 is 1.87 bits per heavy atom. The third kappa shape index (κ3) is 4.10. The van der Waals surface area contributed by atoms with E-state index in [9.17, 15) is 4.79 Å². The maximum absolute atomic E-state index is 12.2. The Balaban J connectivity index is 1.49. The number of cyclic esters (lactones) is 1. The van der Waals surface area contributed by atoms with Gasteiger partial charge in [0.05, 0.1) is 12.1 Å². The molecule has 7 heteroatoms. The van der Waals surface area contributed by atoms with Crippen LogP contribution in [0.25, 0.3) is 11.1 Å². The summed E-state index contributed by atoms with van der Waals surface area (Å²) in [4.78, 5) is 26.9. The highest BCUT2D eigenvalue weighted by Crippen LogP contribution is 2.27. The number of benzene rings is 1. The van der Waals surface area contributed by atoms with E-state index in [0.717, 1.165) is 16.7 Å². The van der Waals surface area contributed by atoms with Gasteiger partial charge >= 0.3 is 6.09 Å². The molecule has 1 aliphatic rings. The number of pyridine rings is 1. The summed E-state index contributed by atoms with van der Waals surface area (Å²) in [7, 11) is 0. The number of amides is 1. The van der Waals surface area contributed by atoms with Gasteiger partial charge in [-0.3, -0.25) is 9.88 Å². The van der Waals surface area contributed by atoms with Gasteiger partial charge in [0.25, 0.3) is 0 Å². The van der Waals surface area contributed by atoms with Gasteiger partial charge in [0.1, 0.15) is 12.4 Å². The van der Waals surface area contributed by atoms with E-state index in [1.165, 1.54) is 0 Å². The first kappa shape index (κ1) is 19.8. The van der Waals surface area contributed by atoms with Crippen LogP contribution in [-0.2, 0) is 4.74 Å². The van der Waals surface area contributed by atoms with Crippen LogP contribution in [0.2, 0.25) is 0 Å². The molecule has 30 heavy (non-hydrogen) atoms. The number of carbonyl (C=O) groups excluding carboxylic acids is 1. The molecule has 3 heterocycles. The van der Waals surface area contributed by atoms with Crippen molar-refractivity contribution < 1.29 is 9.53 Å². The molecule has 1 fully saturated rings. The molecule has 1 saturated heterocycles. The molecule has 1 aliphatic heterocycles. The molecule has 0 radical (unpaired) electrons. The highest BCUT2D eigenvalue weighted by Gasteiger charge is 2.37. The molecule has 0 bridgehead atoms. The number of nitrogens with one attached hydrogen (secondary N) is 1. The van der Waals surface area contributed by atoms with E-state index >= 15 is 0 Å². The third-order valence-electron chi connectivity index (χ3n) is 5.31. The first-order valence-corrected chi connectivity index (χ1v) is 10.1. The predicted molar refractivity (Wildman–Crippen MR) is 116 cm³/mol. The van der Waals surface area contributed by atoms with Gasteiger partial charge in [-0.25, -0.2) is 9.78 Å². The highest BCUT2D eigenvalue weighted by molar-refractivity contribution is 5.89. The summed E-state index contributed by atoms with van der Waals surface area (Å²) >= 11 is 0. The van der Waals surface area contributed by atoms with Gasteiger partial charge in [-0.2, -0.15) is 4.98 Å². The second-order valence-corrected chi connectivity index (χ2v) is 7.73. The summed E-state index contributed by atoms with van der Waals surface area (Å²) in [6, 6.07) is 14.0. The molecule has 3 aromatic rings. The number of hydrogen-bond donors (Lipinski definition) is 1. The monoisotopic (exact) mass is 403 g/mol. The minimum atomic E-state index is -0.364. The summed E-state index contributed by atoms with van der Waals surface area (Å²) < 4.78 is 5.23. The van der Waals surface area contributed by atoms with Crippen molar-refractivity contribution in [2.45, 2.75) is 32.9 Å².